The highest BCUT2D eigenvalue weighted by atomic mass is 16.5. The molecule has 1 saturated heterocycles. The van der Waals surface area contributed by atoms with Crippen molar-refractivity contribution >= 4 is 29.7 Å². The molecule has 4 amide bonds. The second kappa shape index (κ2) is 18.3. The Bertz CT molecular complexity index is 2880. The first-order valence-corrected chi connectivity index (χ1v) is 25.7. The predicted molar refractivity (Wildman–Crippen MR) is 266 cm³/mol. The lowest BCUT2D eigenvalue weighted by Crippen LogP contribution is -2.52. The number of carbonyl (C=O) groups is 4. The van der Waals surface area contributed by atoms with Crippen LogP contribution in [0.15, 0.2) is 73.1 Å². The number of nitrogens with one attached hydrogen (secondary N) is 4. The molecule has 4 N–H and O–H groups in total. The lowest BCUT2D eigenvalue weighted by molar-refractivity contribution is -0.491. The van der Waals surface area contributed by atoms with Crippen LogP contribution in [0.3, 0.4) is 0 Å². The van der Waals surface area contributed by atoms with E-state index >= 15 is 0 Å². The minimum Gasteiger partial charge on any atom is -0.453 e. The Morgan fingerprint density at radius 2 is 1.17 bits per heavy atom. The van der Waals surface area contributed by atoms with Crippen LogP contribution in [0.5, 0.6) is 0 Å². The first kappa shape index (κ1) is 45.8. The summed E-state index contributed by atoms with van der Waals surface area (Å²) in [5.41, 5.74) is 13.1. The number of hydrogen-bond acceptors (Lipinski definition) is 8. The predicted octanol–water partition coefficient (Wildman–Crippen LogP) is 10.2. The van der Waals surface area contributed by atoms with Gasteiger partial charge in [-0.1, -0.05) is 101 Å². The lowest BCUT2D eigenvalue weighted by atomic mass is 9.63. The average Bonchev–Trinajstić information content (AvgIpc) is 3.98. The van der Waals surface area contributed by atoms with Crippen molar-refractivity contribution in [3.8, 4) is 44.8 Å². The number of nitrogens with zero attached hydrogens (tertiary/aromatic N) is 4. The molecule has 4 fully saturated rings. The van der Waals surface area contributed by atoms with Crippen LogP contribution in [-0.2, 0) is 19.1 Å². The number of alkyl carbamates (subject to hydrolysis) is 2. The van der Waals surface area contributed by atoms with Crippen molar-refractivity contribution in [2.75, 3.05) is 14.2 Å². The zero-order valence-electron chi connectivity index (χ0n) is 41.1. The first-order chi connectivity index (χ1) is 34.0. The van der Waals surface area contributed by atoms with Gasteiger partial charge in [-0.05, 0) is 113 Å². The molecule has 9 unspecified atom stereocenters. The molecule has 2 bridgehead atoms. The molecule has 5 aromatic rings. The number of fused-ring (bicyclic) bond motifs is 4. The summed E-state index contributed by atoms with van der Waals surface area (Å²) in [6.07, 6.45) is 12.5. The molecule has 3 saturated carbocycles. The van der Waals surface area contributed by atoms with Crippen LogP contribution in [0.2, 0.25) is 0 Å². The highest BCUT2D eigenvalue weighted by Crippen LogP contribution is 2.56. The van der Waals surface area contributed by atoms with Gasteiger partial charge in [-0.25, -0.2) is 24.4 Å². The molecule has 364 valence electrons. The van der Waals surface area contributed by atoms with Gasteiger partial charge in [-0.15, -0.1) is 0 Å². The van der Waals surface area contributed by atoms with Gasteiger partial charge in [0.2, 0.25) is 11.9 Å². The highest BCUT2D eigenvalue weighted by Gasteiger charge is 2.58. The molecule has 70 heavy (non-hydrogen) atoms. The quantitative estimate of drug-likeness (QED) is 0.0796. The van der Waals surface area contributed by atoms with Crippen molar-refractivity contribution in [3.05, 3.63) is 95.8 Å². The number of imidazole rings is 2. The maximum Gasteiger partial charge on any atom is 0.410 e. The summed E-state index contributed by atoms with van der Waals surface area (Å²) in [5, 5.41) is 5.63. The Hall–Kier alpha value is -6.57. The smallest absolute Gasteiger partial charge is 0.410 e. The number of aromatic amines is 2. The third-order valence-electron chi connectivity index (χ3n) is 17.0. The molecule has 9 atom stereocenters. The molecule has 4 heterocycles. The van der Waals surface area contributed by atoms with Crippen molar-refractivity contribution in [3.63, 3.8) is 0 Å². The number of benzene rings is 3. The number of hydrogen-bond donors (Lipinski definition) is 4. The number of rotatable bonds is 14. The molecule has 0 spiro atoms. The summed E-state index contributed by atoms with van der Waals surface area (Å²) in [6, 6.07) is 20.8. The molecule has 0 radical (unpaired) electrons. The SMILES string of the molecule is CCC(C)C(NC(=O)OC)C(=O)N1C(c2ncc(-c3ccc(-c4ccc(-c5ccc(-c6cnc(C7CC8CC8=[N+]7C(=O)C(NC(=O)OC)C(C)CC)[nH]6)cc5)c5c4C4CCC5CC4)cc3)[nH]2)CC2CC21. The zero-order valence-corrected chi connectivity index (χ0v) is 41.1. The molecule has 5 aliphatic carbocycles. The summed E-state index contributed by atoms with van der Waals surface area (Å²) in [6.45, 7) is 8.03. The van der Waals surface area contributed by atoms with Crippen LogP contribution in [0.25, 0.3) is 44.8 Å². The lowest BCUT2D eigenvalue weighted by Gasteiger charge is -2.41. The maximum atomic E-state index is 14.1. The number of carbonyl (C=O) groups excluding carboxylic acids is 4. The fraction of sp³-hybridized carbons (Fsp3) is 0.482. The van der Waals surface area contributed by atoms with Gasteiger partial charge in [0, 0.05) is 18.9 Å². The second-order valence-electron chi connectivity index (χ2n) is 21.0. The number of methoxy groups -OCH3 is 2. The standard InChI is InChI=1S/C56H64N8O6/c1-7-29(3)49(61-55(67)69-5)53(65)63-43-23-37(43)25-45(63)51-57-27-41(59-51)33-13-9-31(10-14-33)39-21-22-40(48-36-19-17-35(18-20-36)47(39)48)32-11-15-34(16-12-32)42-28-58-52(60-42)46-26-38-24-44(38)64(46)54(66)50(30(4)8-2)62-56(68)70-6/h9-16,21-22,27-30,35-38,43,45-46,49-50H,7-8,17-20,23-26H2,1-6H3,(H3-,57,58,59,60,61,62,67,68)/p+1. The highest BCUT2D eigenvalue weighted by molar-refractivity contribution is 6.02. The number of H-pyrrole nitrogens is 2. The van der Waals surface area contributed by atoms with Crippen molar-refractivity contribution in [2.45, 2.75) is 134 Å². The van der Waals surface area contributed by atoms with Gasteiger partial charge in [0.15, 0.2) is 17.6 Å². The van der Waals surface area contributed by atoms with Gasteiger partial charge in [-0.3, -0.25) is 4.79 Å². The van der Waals surface area contributed by atoms with E-state index in [9.17, 15) is 19.2 Å². The summed E-state index contributed by atoms with van der Waals surface area (Å²) < 4.78 is 11.7. The largest absolute Gasteiger partial charge is 0.453 e. The Morgan fingerprint density at radius 1 is 0.671 bits per heavy atom. The van der Waals surface area contributed by atoms with E-state index in [1.165, 1.54) is 73.3 Å². The third kappa shape index (κ3) is 8.10. The zero-order chi connectivity index (χ0) is 48.5. The Balaban J connectivity index is 0.816. The first-order valence-electron chi connectivity index (χ1n) is 25.7. The van der Waals surface area contributed by atoms with Crippen molar-refractivity contribution in [1.29, 1.82) is 0 Å². The average molecular weight is 946 g/mol. The Morgan fingerprint density at radius 3 is 1.71 bits per heavy atom. The van der Waals surface area contributed by atoms with Crippen LogP contribution in [0.4, 0.5) is 9.59 Å². The van der Waals surface area contributed by atoms with Crippen molar-refractivity contribution in [1.82, 2.24) is 35.5 Å². The van der Waals surface area contributed by atoms with Gasteiger partial charge in [0.25, 0.3) is 0 Å². The number of likely N-dealkylation sites (tertiary alicyclic amines) is 1. The number of amides is 4. The Labute approximate surface area is 409 Å². The molecule has 3 aromatic carbocycles. The summed E-state index contributed by atoms with van der Waals surface area (Å²) in [7, 11) is 2.65. The third-order valence-corrected chi connectivity index (χ3v) is 17.0. The molecular formula is C56H65N8O6+. The minimum atomic E-state index is -0.680. The maximum absolute atomic E-state index is 14.1. The molecule has 14 nitrogen and oxygen atoms in total. The van der Waals surface area contributed by atoms with E-state index in [0.717, 1.165) is 78.4 Å². The van der Waals surface area contributed by atoms with Crippen molar-refractivity contribution in [2.24, 2.45) is 23.7 Å². The van der Waals surface area contributed by atoms with Crippen LogP contribution >= 0.6 is 0 Å². The van der Waals surface area contributed by atoms with Gasteiger partial charge >= 0.3 is 18.1 Å². The fourth-order valence-corrected chi connectivity index (χ4v) is 12.5. The minimum absolute atomic E-state index is 0.0437. The van der Waals surface area contributed by atoms with E-state index in [0.29, 0.717) is 23.7 Å². The molecule has 14 heteroatoms. The normalized spacial score (nSPS) is 25.3. The summed E-state index contributed by atoms with van der Waals surface area (Å²) in [4.78, 5) is 71.6. The number of aromatic nitrogens is 4. The molecular weight excluding hydrogens is 881 g/mol. The molecule has 2 aliphatic heterocycles. The van der Waals surface area contributed by atoms with Crippen molar-refractivity contribution < 1.29 is 33.2 Å². The molecule has 2 aromatic heterocycles. The van der Waals surface area contributed by atoms with Crippen LogP contribution < -0.4 is 10.6 Å². The van der Waals surface area contributed by atoms with E-state index in [-0.39, 0.29) is 41.8 Å². The topological polar surface area (TPSA) is 174 Å². The fourth-order valence-electron chi connectivity index (χ4n) is 12.5. The van der Waals surface area contributed by atoms with Gasteiger partial charge in [-0.2, -0.15) is 4.58 Å². The van der Waals surface area contributed by atoms with Crippen LogP contribution in [0, 0.1) is 23.7 Å². The van der Waals surface area contributed by atoms with Crippen LogP contribution in [0.1, 0.15) is 139 Å². The monoisotopic (exact) mass is 946 g/mol. The summed E-state index contributed by atoms with van der Waals surface area (Å²) in [5.74, 6) is 3.15. The van der Waals surface area contributed by atoms with Gasteiger partial charge in [0.05, 0.1) is 50.0 Å². The van der Waals surface area contributed by atoms with E-state index in [1.807, 2.05) is 49.6 Å². The number of ether oxygens (including phenoxy) is 2. The molecule has 7 aliphatic rings. The van der Waals surface area contributed by atoms with Gasteiger partial charge < -0.3 is 35.0 Å². The molecule has 12 rings (SSSR count). The Kier molecular flexibility index (Phi) is 12.0. The van der Waals surface area contributed by atoms with E-state index in [2.05, 4.69) is 81.3 Å². The van der Waals surface area contributed by atoms with E-state index in [4.69, 9.17) is 19.4 Å². The summed E-state index contributed by atoms with van der Waals surface area (Å²) >= 11 is 0. The van der Waals surface area contributed by atoms with Gasteiger partial charge in [0.1, 0.15) is 11.9 Å². The second-order valence-corrected chi connectivity index (χ2v) is 21.0. The van der Waals surface area contributed by atoms with E-state index < -0.39 is 24.3 Å². The van der Waals surface area contributed by atoms with E-state index in [1.54, 1.807) is 0 Å². The van der Waals surface area contributed by atoms with Crippen LogP contribution in [-0.4, -0.2) is 91.5 Å². The number of piperidine rings is 1.